The predicted octanol–water partition coefficient (Wildman–Crippen LogP) is 2.64. The second-order valence-electron chi connectivity index (χ2n) is 2.67. The first-order valence-corrected chi connectivity index (χ1v) is 6.08. The van der Waals surface area contributed by atoms with E-state index in [2.05, 4.69) is 15.5 Å². The summed E-state index contributed by atoms with van der Waals surface area (Å²) in [4.78, 5) is 0. The minimum absolute atomic E-state index is 0.759. The third kappa shape index (κ3) is 2.12. The van der Waals surface area contributed by atoms with Crippen molar-refractivity contribution < 1.29 is 0 Å². The molecule has 0 fully saturated rings. The van der Waals surface area contributed by atoms with Gasteiger partial charge >= 0.3 is 0 Å². The third-order valence-electron chi connectivity index (χ3n) is 1.61. The highest BCUT2D eigenvalue weighted by Gasteiger charge is 2.07. The molecule has 0 spiro atoms. The largest absolute Gasteiger partial charge is 0.313 e. The van der Waals surface area contributed by atoms with Gasteiger partial charge in [-0.05, 0) is 13.1 Å². The molecule has 0 aromatic carbocycles. The van der Waals surface area contributed by atoms with Crippen molar-refractivity contribution in [1.29, 1.82) is 0 Å². The first-order valence-electron chi connectivity index (χ1n) is 4.01. The van der Waals surface area contributed by atoms with Gasteiger partial charge in [0.25, 0.3) is 0 Å². The van der Waals surface area contributed by atoms with Gasteiger partial charge in [-0.25, -0.2) is 0 Å². The van der Waals surface area contributed by atoms with Gasteiger partial charge in [-0.15, -0.1) is 21.5 Å². The van der Waals surface area contributed by atoms with Gasteiger partial charge in [0.15, 0.2) is 0 Å². The van der Waals surface area contributed by atoms with E-state index < -0.39 is 0 Å². The first kappa shape index (κ1) is 10.0. The fourth-order valence-corrected chi connectivity index (χ4v) is 2.79. The summed E-state index contributed by atoms with van der Waals surface area (Å²) in [6.07, 6.45) is 0. The summed E-state index contributed by atoms with van der Waals surface area (Å²) < 4.78 is 0.783. The van der Waals surface area contributed by atoms with Gasteiger partial charge in [-0.1, -0.05) is 22.9 Å². The SMILES string of the molecule is CNCc1nnc(-c2csc(Cl)c2)s1. The molecule has 0 saturated heterocycles. The fraction of sp³-hybridized carbons (Fsp3) is 0.250. The van der Waals surface area contributed by atoms with Crippen molar-refractivity contribution in [2.45, 2.75) is 6.54 Å². The molecule has 74 valence electrons. The molecule has 2 aromatic rings. The van der Waals surface area contributed by atoms with Crippen molar-refractivity contribution in [3.8, 4) is 10.6 Å². The van der Waals surface area contributed by atoms with E-state index >= 15 is 0 Å². The quantitative estimate of drug-likeness (QED) is 0.904. The number of hydrogen-bond donors (Lipinski definition) is 1. The Hall–Kier alpha value is -0.490. The Bertz CT molecular complexity index is 424. The van der Waals surface area contributed by atoms with E-state index in [1.54, 1.807) is 11.3 Å². The fourth-order valence-electron chi connectivity index (χ4n) is 1.02. The van der Waals surface area contributed by atoms with E-state index in [-0.39, 0.29) is 0 Å². The molecule has 6 heteroatoms. The number of aromatic nitrogens is 2. The highest BCUT2D eigenvalue weighted by atomic mass is 35.5. The van der Waals surface area contributed by atoms with Crippen LogP contribution in [-0.2, 0) is 6.54 Å². The van der Waals surface area contributed by atoms with Gasteiger partial charge in [-0.2, -0.15) is 0 Å². The van der Waals surface area contributed by atoms with Crippen molar-refractivity contribution >= 4 is 34.3 Å². The average Bonchev–Trinajstić information content (AvgIpc) is 2.74. The van der Waals surface area contributed by atoms with Crippen LogP contribution in [0.3, 0.4) is 0 Å². The van der Waals surface area contributed by atoms with E-state index in [0.717, 1.165) is 26.5 Å². The number of thiophene rings is 1. The molecule has 1 N–H and O–H groups in total. The molecule has 0 unspecified atom stereocenters. The van der Waals surface area contributed by atoms with Crippen LogP contribution in [0.1, 0.15) is 5.01 Å². The molecule has 0 aliphatic heterocycles. The van der Waals surface area contributed by atoms with Crippen molar-refractivity contribution in [1.82, 2.24) is 15.5 Å². The lowest BCUT2D eigenvalue weighted by molar-refractivity contribution is 0.795. The maximum absolute atomic E-state index is 5.84. The lowest BCUT2D eigenvalue weighted by atomic mass is 10.4. The molecule has 0 radical (unpaired) electrons. The Morgan fingerprint density at radius 3 is 3.00 bits per heavy atom. The number of nitrogens with one attached hydrogen (secondary N) is 1. The molecule has 2 rings (SSSR count). The standard InChI is InChI=1S/C8H8ClN3S2/c1-10-3-7-11-12-8(14-7)5-2-6(9)13-4-5/h2,4,10H,3H2,1H3. The molecular formula is C8H8ClN3S2. The van der Waals surface area contributed by atoms with Crippen LogP contribution in [0, 0.1) is 0 Å². The van der Waals surface area contributed by atoms with Gasteiger partial charge < -0.3 is 5.32 Å². The first-order chi connectivity index (χ1) is 6.79. The zero-order chi connectivity index (χ0) is 9.97. The summed E-state index contributed by atoms with van der Waals surface area (Å²) in [5, 5.41) is 15.1. The van der Waals surface area contributed by atoms with Crippen molar-refractivity contribution in [3.63, 3.8) is 0 Å². The summed E-state index contributed by atoms with van der Waals surface area (Å²) in [7, 11) is 1.89. The highest BCUT2D eigenvalue weighted by Crippen LogP contribution is 2.30. The van der Waals surface area contributed by atoms with Crippen LogP contribution in [0.15, 0.2) is 11.4 Å². The van der Waals surface area contributed by atoms with Gasteiger partial charge in [0.1, 0.15) is 10.0 Å². The topological polar surface area (TPSA) is 37.8 Å². The Labute approximate surface area is 94.8 Å². The van der Waals surface area contributed by atoms with Crippen LogP contribution in [-0.4, -0.2) is 17.2 Å². The molecular weight excluding hydrogens is 238 g/mol. The molecule has 0 aliphatic rings. The van der Waals surface area contributed by atoms with Crippen molar-refractivity contribution in [2.24, 2.45) is 0 Å². The van der Waals surface area contributed by atoms with Crippen LogP contribution in [0.25, 0.3) is 10.6 Å². The smallest absolute Gasteiger partial charge is 0.148 e. The Morgan fingerprint density at radius 1 is 1.50 bits per heavy atom. The summed E-state index contributed by atoms with van der Waals surface area (Å²) in [6, 6.07) is 1.91. The van der Waals surface area contributed by atoms with Crippen molar-refractivity contribution in [2.75, 3.05) is 7.05 Å². The normalized spacial score (nSPS) is 10.7. The minimum Gasteiger partial charge on any atom is -0.313 e. The molecule has 0 aliphatic carbocycles. The number of hydrogen-bond acceptors (Lipinski definition) is 5. The molecule has 0 saturated carbocycles. The molecule has 0 atom stereocenters. The third-order valence-corrected chi connectivity index (χ3v) is 3.67. The molecule has 0 amide bonds. The van der Waals surface area contributed by atoms with Gasteiger partial charge in [0, 0.05) is 17.5 Å². The van der Waals surface area contributed by atoms with E-state index in [0.29, 0.717) is 0 Å². The number of halogens is 1. The Morgan fingerprint density at radius 2 is 2.36 bits per heavy atom. The molecule has 2 heterocycles. The van der Waals surface area contributed by atoms with E-state index in [1.165, 1.54) is 11.3 Å². The monoisotopic (exact) mass is 245 g/mol. The van der Waals surface area contributed by atoms with Crippen LogP contribution >= 0.6 is 34.3 Å². The maximum atomic E-state index is 5.84. The molecule has 2 aromatic heterocycles. The summed E-state index contributed by atoms with van der Waals surface area (Å²) >= 11 is 8.94. The number of rotatable bonds is 3. The summed E-state index contributed by atoms with van der Waals surface area (Å²) in [5.74, 6) is 0. The summed E-state index contributed by atoms with van der Waals surface area (Å²) in [5.41, 5.74) is 1.06. The van der Waals surface area contributed by atoms with E-state index in [1.807, 2.05) is 18.5 Å². The second-order valence-corrected chi connectivity index (χ2v) is 5.28. The Balaban J connectivity index is 2.24. The molecule has 14 heavy (non-hydrogen) atoms. The second kappa shape index (κ2) is 4.35. The lowest BCUT2D eigenvalue weighted by Gasteiger charge is -1.88. The zero-order valence-electron chi connectivity index (χ0n) is 7.45. The van der Waals surface area contributed by atoms with Gasteiger partial charge in [-0.3, -0.25) is 0 Å². The lowest BCUT2D eigenvalue weighted by Crippen LogP contribution is -2.04. The highest BCUT2D eigenvalue weighted by molar-refractivity contribution is 7.16. The van der Waals surface area contributed by atoms with Crippen LogP contribution in [0.4, 0.5) is 0 Å². The minimum atomic E-state index is 0.759. The van der Waals surface area contributed by atoms with E-state index in [4.69, 9.17) is 11.6 Å². The van der Waals surface area contributed by atoms with Crippen LogP contribution in [0.5, 0.6) is 0 Å². The molecule has 3 nitrogen and oxygen atoms in total. The van der Waals surface area contributed by atoms with Crippen LogP contribution in [0.2, 0.25) is 4.34 Å². The predicted molar refractivity (Wildman–Crippen MR) is 61.0 cm³/mol. The van der Waals surface area contributed by atoms with E-state index in [9.17, 15) is 0 Å². The average molecular weight is 246 g/mol. The Kier molecular flexibility index (Phi) is 3.12. The van der Waals surface area contributed by atoms with Crippen molar-refractivity contribution in [3.05, 3.63) is 20.8 Å². The van der Waals surface area contributed by atoms with Gasteiger partial charge in [0.05, 0.1) is 4.34 Å². The van der Waals surface area contributed by atoms with Gasteiger partial charge in [0.2, 0.25) is 0 Å². The zero-order valence-corrected chi connectivity index (χ0v) is 9.84. The summed E-state index contributed by atoms with van der Waals surface area (Å²) in [6.45, 7) is 0.759. The van der Waals surface area contributed by atoms with Crippen LogP contribution < -0.4 is 5.32 Å². The maximum Gasteiger partial charge on any atom is 0.148 e. The number of nitrogens with zero attached hydrogens (tertiary/aromatic N) is 2. The molecule has 0 bridgehead atoms.